The van der Waals surface area contributed by atoms with Crippen LogP contribution in [-0.4, -0.2) is 36.5 Å². The van der Waals surface area contributed by atoms with E-state index < -0.39 is 0 Å². The number of hydrogen-bond donors (Lipinski definition) is 1. The van der Waals surface area contributed by atoms with E-state index in [9.17, 15) is 4.79 Å². The molecule has 2 aliphatic carbocycles. The topological polar surface area (TPSA) is 32.3 Å². The summed E-state index contributed by atoms with van der Waals surface area (Å²) in [5, 5.41) is 3.20. The number of nitrogens with one attached hydrogen (secondary N) is 1. The van der Waals surface area contributed by atoms with E-state index in [0.717, 1.165) is 38.0 Å². The zero-order valence-electron chi connectivity index (χ0n) is 18.1. The van der Waals surface area contributed by atoms with Crippen LogP contribution in [0.2, 0.25) is 0 Å². The van der Waals surface area contributed by atoms with Crippen LogP contribution in [0.15, 0.2) is 54.6 Å². The first-order valence-electron chi connectivity index (χ1n) is 11.8. The van der Waals surface area contributed by atoms with Crippen molar-refractivity contribution in [3.05, 3.63) is 71.3 Å². The summed E-state index contributed by atoms with van der Waals surface area (Å²) in [6, 6.07) is 20.3. The fraction of sp³-hybridized carbons (Fsp3) is 0.519. The van der Waals surface area contributed by atoms with Gasteiger partial charge in [0.15, 0.2) is 0 Å². The second-order valence-corrected chi connectivity index (χ2v) is 9.75. The van der Waals surface area contributed by atoms with Gasteiger partial charge in [-0.1, -0.05) is 60.2 Å². The third kappa shape index (κ3) is 4.18. The Morgan fingerprint density at radius 2 is 1.70 bits per heavy atom. The number of carbonyl (C=O) groups is 1. The molecule has 5 rings (SSSR count). The van der Waals surface area contributed by atoms with Crippen molar-refractivity contribution in [2.24, 2.45) is 17.8 Å². The first-order chi connectivity index (χ1) is 14.7. The molecule has 1 aliphatic heterocycles. The summed E-state index contributed by atoms with van der Waals surface area (Å²) in [5.41, 5.74) is 4.11. The molecule has 0 spiro atoms. The van der Waals surface area contributed by atoms with Crippen molar-refractivity contribution in [1.82, 2.24) is 10.2 Å². The fourth-order valence-corrected chi connectivity index (χ4v) is 6.06. The Balaban J connectivity index is 1.04. The number of hydrogen-bond acceptors (Lipinski definition) is 2. The average molecular weight is 403 g/mol. The number of nitrogens with zero attached hydrogens (tertiary/aromatic N) is 1. The van der Waals surface area contributed by atoms with Crippen LogP contribution in [0.5, 0.6) is 0 Å². The Kier molecular flexibility index (Phi) is 5.64. The molecule has 158 valence electrons. The van der Waals surface area contributed by atoms with Crippen LogP contribution >= 0.6 is 0 Å². The molecule has 1 unspecified atom stereocenters. The van der Waals surface area contributed by atoms with Gasteiger partial charge in [-0.25, -0.2) is 0 Å². The number of rotatable bonds is 6. The molecule has 1 amide bonds. The van der Waals surface area contributed by atoms with Gasteiger partial charge in [0.1, 0.15) is 0 Å². The summed E-state index contributed by atoms with van der Waals surface area (Å²) in [6.07, 6.45) is 6.16. The lowest BCUT2D eigenvalue weighted by Gasteiger charge is -2.36. The summed E-state index contributed by atoms with van der Waals surface area (Å²) < 4.78 is 0. The van der Waals surface area contributed by atoms with Gasteiger partial charge >= 0.3 is 0 Å². The summed E-state index contributed by atoms with van der Waals surface area (Å²) in [4.78, 5) is 15.3. The highest BCUT2D eigenvalue weighted by atomic mass is 16.2. The summed E-state index contributed by atoms with van der Waals surface area (Å²) in [7, 11) is 0. The van der Waals surface area contributed by atoms with Crippen molar-refractivity contribution in [2.75, 3.05) is 19.6 Å². The second-order valence-electron chi connectivity index (χ2n) is 9.75. The molecule has 3 aliphatic rings. The standard InChI is InChI=1S/C27H34N2O/c1-19-6-5-7-20(16-19)14-15-28-27(30)26-24-17-29(18-25(24)26)23-12-10-22(11-13-23)21-8-3-2-4-9-21/h2-9,16,22-26H,10-15,17-18H2,1H3,(H,28,30)/t22?,23?,24-,25+,26?. The maximum Gasteiger partial charge on any atom is 0.223 e. The Labute approximate surface area is 180 Å². The summed E-state index contributed by atoms with van der Waals surface area (Å²) >= 11 is 0. The van der Waals surface area contributed by atoms with Gasteiger partial charge in [-0.15, -0.1) is 0 Å². The molecule has 3 fully saturated rings. The number of benzene rings is 2. The van der Waals surface area contributed by atoms with Gasteiger partial charge in [0.2, 0.25) is 5.91 Å². The minimum atomic E-state index is 0.277. The van der Waals surface area contributed by atoms with Gasteiger partial charge in [-0.3, -0.25) is 9.69 Å². The zero-order valence-corrected chi connectivity index (χ0v) is 18.1. The molecule has 1 N–H and O–H groups in total. The first kappa shape index (κ1) is 19.8. The van der Waals surface area contributed by atoms with Gasteiger partial charge in [-0.05, 0) is 67.9 Å². The van der Waals surface area contributed by atoms with E-state index in [4.69, 9.17) is 0 Å². The van der Waals surface area contributed by atoms with E-state index in [-0.39, 0.29) is 5.92 Å². The Morgan fingerprint density at radius 3 is 2.40 bits per heavy atom. The highest BCUT2D eigenvalue weighted by Crippen LogP contribution is 2.53. The molecule has 0 radical (unpaired) electrons. The molecular formula is C27H34N2O. The minimum Gasteiger partial charge on any atom is -0.356 e. The van der Waals surface area contributed by atoms with E-state index >= 15 is 0 Å². The van der Waals surface area contributed by atoms with Crippen LogP contribution < -0.4 is 5.32 Å². The van der Waals surface area contributed by atoms with Crippen LogP contribution in [0, 0.1) is 24.7 Å². The number of aryl methyl sites for hydroxylation is 1. The smallest absolute Gasteiger partial charge is 0.223 e. The number of fused-ring (bicyclic) bond motifs is 1. The van der Waals surface area contributed by atoms with Gasteiger partial charge in [0, 0.05) is 31.6 Å². The number of piperidine rings is 1. The Bertz CT molecular complexity index is 859. The van der Waals surface area contributed by atoms with Crippen LogP contribution in [-0.2, 0) is 11.2 Å². The lowest BCUT2D eigenvalue weighted by molar-refractivity contribution is -0.123. The van der Waals surface area contributed by atoms with E-state index in [1.807, 2.05) is 0 Å². The normalized spacial score (nSPS) is 30.6. The highest BCUT2D eigenvalue weighted by molar-refractivity contribution is 5.82. The van der Waals surface area contributed by atoms with Crippen molar-refractivity contribution in [2.45, 2.75) is 51.0 Å². The average Bonchev–Trinajstić information content (AvgIpc) is 3.28. The number of carbonyl (C=O) groups excluding carboxylic acids is 1. The molecule has 3 atom stereocenters. The van der Waals surface area contributed by atoms with Crippen molar-refractivity contribution in [1.29, 1.82) is 0 Å². The zero-order chi connectivity index (χ0) is 20.5. The van der Waals surface area contributed by atoms with E-state index in [0.29, 0.717) is 17.7 Å². The molecule has 30 heavy (non-hydrogen) atoms. The van der Waals surface area contributed by atoms with Crippen molar-refractivity contribution < 1.29 is 4.79 Å². The quantitative estimate of drug-likeness (QED) is 0.768. The van der Waals surface area contributed by atoms with Crippen molar-refractivity contribution >= 4 is 5.91 Å². The molecule has 3 nitrogen and oxygen atoms in total. The van der Waals surface area contributed by atoms with Crippen molar-refractivity contribution in [3.63, 3.8) is 0 Å². The maximum absolute atomic E-state index is 12.6. The van der Waals surface area contributed by atoms with Gasteiger partial charge in [-0.2, -0.15) is 0 Å². The van der Waals surface area contributed by atoms with Crippen molar-refractivity contribution in [3.8, 4) is 0 Å². The third-order valence-electron chi connectivity index (χ3n) is 7.80. The fourth-order valence-electron chi connectivity index (χ4n) is 6.06. The number of amides is 1. The lowest BCUT2D eigenvalue weighted by Crippen LogP contribution is -2.39. The molecule has 3 heteroatoms. The second kappa shape index (κ2) is 8.55. The van der Waals surface area contributed by atoms with Crippen LogP contribution in [0.3, 0.4) is 0 Å². The Hall–Kier alpha value is -2.13. The molecule has 2 aromatic rings. The third-order valence-corrected chi connectivity index (χ3v) is 7.80. The van der Waals surface area contributed by atoms with Crippen LogP contribution in [0.25, 0.3) is 0 Å². The molecular weight excluding hydrogens is 368 g/mol. The van der Waals surface area contributed by atoms with Crippen LogP contribution in [0.1, 0.15) is 48.3 Å². The number of likely N-dealkylation sites (tertiary alicyclic amines) is 1. The monoisotopic (exact) mass is 402 g/mol. The molecule has 0 bridgehead atoms. The van der Waals surface area contributed by atoms with Gasteiger partial charge < -0.3 is 5.32 Å². The summed E-state index contributed by atoms with van der Waals surface area (Å²) in [5.74, 6) is 2.53. The van der Waals surface area contributed by atoms with Crippen LogP contribution in [0.4, 0.5) is 0 Å². The van der Waals surface area contributed by atoms with E-state index in [2.05, 4.69) is 71.7 Å². The Morgan fingerprint density at radius 1 is 0.967 bits per heavy atom. The maximum atomic E-state index is 12.6. The highest BCUT2D eigenvalue weighted by Gasteiger charge is 2.59. The van der Waals surface area contributed by atoms with Gasteiger partial charge in [0.05, 0.1) is 0 Å². The molecule has 1 heterocycles. The predicted molar refractivity (Wildman–Crippen MR) is 121 cm³/mol. The first-order valence-corrected chi connectivity index (χ1v) is 11.8. The SMILES string of the molecule is Cc1cccc(CCNC(=O)C2[C@H]3CN(C4CCC(c5ccccc5)CC4)C[C@@H]23)c1. The molecule has 0 aromatic heterocycles. The molecule has 1 saturated heterocycles. The minimum absolute atomic E-state index is 0.277. The van der Waals surface area contributed by atoms with E-state index in [1.165, 1.54) is 42.4 Å². The van der Waals surface area contributed by atoms with Gasteiger partial charge in [0.25, 0.3) is 0 Å². The summed E-state index contributed by atoms with van der Waals surface area (Å²) in [6.45, 7) is 5.15. The lowest BCUT2D eigenvalue weighted by atomic mass is 9.81. The molecule has 2 aromatic carbocycles. The largest absolute Gasteiger partial charge is 0.356 e. The van der Waals surface area contributed by atoms with E-state index in [1.54, 1.807) is 0 Å². The predicted octanol–water partition coefficient (Wildman–Crippen LogP) is 4.56. The molecule has 2 saturated carbocycles.